The van der Waals surface area contributed by atoms with E-state index < -0.39 is 29.9 Å². The van der Waals surface area contributed by atoms with Gasteiger partial charge in [-0.2, -0.15) is 0 Å². The molecule has 112 valence electrons. The van der Waals surface area contributed by atoms with Crippen LogP contribution < -0.4 is 9.47 Å². The standard InChI is InChI=1S/C14H14O7/c1-18-14(17)11-8(13(15)16)5-19-12(11)7-2-3-9-10(4-7)21-6-20-9/h2-4,8,11-12H,5-6H2,1H3,(H,15,16)/t8-,11+,12+/m1/s1. The number of ether oxygens (including phenoxy) is 4. The number of carboxylic acid groups (broad SMARTS) is 1. The van der Waals surface area contributed by atoms with Crippen molar-refractivity contribution in [1.82, 2.24) is 0 Å². The molecule has 0 amide bonds. The molecule has 0 radical (unpaired) electrons. The van der Waals surface area contributed by atoms with Gasteiger partial charge in [0.05, 0.1) is 25.7 Å². The number of rotatable bonds is 3. The van der Waals surface area contributed by atoms with Crippen LogP contribution in [0.15, 0.2) is 18.2 Å². The van der Waals surface area contributed by atoms with E-state index in [2.05, 4.69) is 0 Å². The first kappa shape index (κ1) is 13.7. The highest BCUT2D eigenvalue weighted by atomic mass is 16.7. The molecule has 2 heterocycles. The maximum atomic E-state index is 11.9. The predicted molar refractivity (Wildman–Crippen MR) is 67.9 cm³/mol. The first-order chi connectivity index (χ1) is 10.1. The van der Waals surface area contributed by atoms with Gasteiger partial charge in [0.15, 0.2) is 11.5 Å². The smallest absolute Gasteiger partial charge is 0.312 e. The number of esters is 1. The molecule has 0 spiro atoms. The third-order valence-electron chi connectivity index (χ3n) is 3.73. The maximum absolute atomic E-state index is 11.9. The summed E-state index contributed by atoms with van der Waals surface area (Å²) < 4.78 is 20.8. The fourth-order valence-corrected chi connectivity index (χ4v) is 2.67. The lowest BCUT2D eigenvalue weighted by Gasteiger charge is -2.19. The molecule has 0 aliphatic carbocycles. The van der Waals surface area contributed by atoms with Crippen LogP contribution in [-0.4, -0.2) is 37.6 Å². The number of hydrogen-bond acceptors (Lipinski definition) is 6. The van der Waals surface area contributed by atoms with Crippen LogP contribution >= 0.6 is 0 Å². The highest BCUT2D eigenvalue weighted by Crippen LogP contribution is 2.42. The Kier molecular flexibility index (Phi) is 3.42. The van der Waals surface area contributed by atoms with Gasteiger partial charge < -0.3 is 24.1 Å². The van der Waals surface area contributed by atoms with Crippen LogP contribution in [0.1, 0.15) is 11.7 Å². The van der Waals surface area contributed by atoms with Crippen molar-refractivity contribution >= 4 is 11.9 Å². The third-order valence-corrected chi connectivity index (χ3v) is 3.73. The van der Waals surface area contributed by atoms with Crippen LogP contribution in [0, 0.1) is 11.8 Å². The molecule has 7 heteroatoms. The second kappa shape index (κ2) is 5.25. The molecule has 0 saturated carbocycles. The molecule has 2 aliphatic heterocycles. The number of carbonyl (C=O) groups is 2. The van der Waals surface area contributed by atoms with Crippen LogP contribution in [0.2, 0.25) is 0 Å². The van der Waals surface area contributed by atoms with Crippen molar-refractivity contribution in [2.45, 2.75) is 6.10 Å². The SMILES string of the molecule is COC(=O)[C@H]1[C@H](C(=O)O)CO[C@H]1c1ccc2c(c1)OCO2. The highest BCUT2D eigenvalue weighted by molar-refractivity contribution is 5.82. The zero-order chi connectivity index (χ0) is 15.0. The van der Waals surface area contributed by atoms with E-state index in [-0.39, 0.29) is 13.4 Å². The number of hydrogen-bond donors (Lipinski definition) is 1. The van der Waals surface area contributed by atoms with E-state index in [4.69, 9.17) is 18.9 Å². The molecule has 1 N–H and O–H groups in total. The molecule has 1 fully saturated rings. The number of aliphatic carboxylic acids is 1. The van der Waals surface area contributed by atoms with Crippen molar-refractivity contribution < 1.29 is 33.6 Å². The molecule has 0 unspecified atom stereocenters. The minimum atomic E-state index is -1.08. The first-order valence-corrected chi connectivity index (χ1v) is 6.43. The molecule has 0 bridgehead atoms. The minimum absolute atomic E-state index is 0.0335. The average Bonchev–Trinajstić information content (AvgIpc) is 3.11. The van der Waals surface area contributed by atoms with Gasteiger partial charge in [-0.25, -0.2) is 0 Å². The van der Waals surface area contributed by atoms with Gasteiger partial charge in [0.25, 0.3) is 0 Å². The zero-order valence-corrected chi connectivity index (χ0v) is 11.3. The van der Waals surface area contributed by atoms with Gasteiger partial charge in [0.2, 0.25) is 6.79 Å². The number of benzene rings is 1. The topological polar surface area (TPSA) is 91.3 Å². The summed E-state index contributed by atoms with van der Waals surface area (Å²) in [5, 5.41) is 9.22. The third kappa shape index (κ3) is 2.29. The van der Waals surface area contributed by atoms with Gasteiger partial charge in [-0.05, 0) is 17.7 Å². The van der Waals surface area contributed by atoms with Crippen molar-refractivity contribution in [2.24, 2.45) is 11.8 Å². The quantitative estimate of drug-likeness (QED) is 0.831. The molecular weight excluding hydrogens is 280 g/mol. The van der Waals surface area contributed by atoms with E-state index in [0.29, 0.717) is 17.1 Å². The average molecular weight is 294 g/mol. The maximum Gasteiger partial charge on any atom is 0.312 e. The number of methoxy groups -OCH3 is 1. The lowest BCUT2D eigenvalue weighted by Crippen LogP contribution is -2.30. The first-order valence-electron chi connectivity index (χ1n) is 6.43. The van der Waals surface area contributed by atoms with E-state index in [1.54, 1.807) is 18.2 Å². The monoisotopic (exact) mass is 294 g/mol. The molecule has 2 aliphatic rings. The van der Waals surface area contributed by atoms with Gasteiger partial charge in [0.1, 0.15) is 5.92 Å². The second-order valence-electron chi connectivity index (χ2n) is 4.86. The normalized spacial score (nSPS) is 26.6. The van der Waals surface area contributed by atoms with Crippen LogP contribution in [0.4, 0.5) is 0 Å². The summed E-state index contributed by atoms with van der Waals surface area (Å²) in [5.74, 6) is -2.31. The van der Waals surface area contributed by atoms with Gasteiger partial charge in [-0.15, -0.1) is 0 Å². The van der Waals surface area contributed by atoms with E-state index in [0.717, 1.165) is 0 Å². The summed E-state index contributed by atoms with van der Waals surface area (Å²) in [5.41, 5.74) is 0.665. The Hall–Kier alpha value is -2.28. The van der Waals surface area contributed by atoms with Crippen LogP contribution in [-0.2, 0) is 19.1 Å². The van der Waals surface area contributed by atoms with E-state index >= 15 is 0 Å². The fraction of sp³-hybridized carbons (Fsp3) is 0.429. The Balaban J connectivity index is 1.93. The molecule has 1 aromatic rings. The highest BCUT2D eigenvalue weighted by Gasteiger charge is 2.47. The molecule has 21 heavy (non-hydrogen) atoms. The molecule has 0 aromatic heterocycles. The summed E-state index contributed by atoms with van der Waals surface area (Å²) >= 11 is 0. The molecule has 1 saturated heterocycles. The molecule has 1 aromatic carbocycles. The van der Waals surface area contributed by atoms with Gasteiger partial charge in [-0.1, -0.05) is 6.07 Å². The van der Waals surface area contributed by atoms with Crippen molar-refractivity contribution in [1.29, 1.82) is 0 Å². The van der Waals surface area contributed by atoms with Crippen LogP contribution in [0.25, 0.3) is 0 Å². The number of fused-ring (bicyclic) bond motifs is 1. The van der Waals surface area contributed by atoms with Gasteiger partial charge in [0, 0.05) is 0 Å². The Morgan fingerprint density at radius 1 is 1.29 bits per heavy atom. The number of carboxylic acids is 1. The van der Waals surface area contributed by atoms with E-state index in [1.807, 2.05) is 0 Å². The van der Waals surface area contributed by atoms with Crippen molar-refractivity contribution in [3.63, 3.8) is 0 Å². The lowest BCUT2D eigenvalue weighted by molar-refractivity contribution is -0.154. The second-order valence-corrected chi connectivity index (χ2v) is 4.86. The summed E-state index contributed by atoms with van der Waals surface area (Å²) in [4.78, 5) is 23.2. The van der Waals surface area contributed by atoms with E-state index in [9.17, 15) is 14.7 Å². The molecular formula is C14H14O7. The fourth-order valence-electron chi connectivity index (χ4n) is 2.67. The summed E-state index contributed by atoms with van der Waals surface area (Å²) in [6, 6.07) is 5.15. The van der Waals surface area contributed by atoms with Gasteiger partial charge in [-0.3, -0.25) is 9.59 Å². The molecule has 7 nitrogen and oxygen atoms in total. The number of carbonyl (C=O) groups excluding carboxylic acids is 1. The zero-order valence-electron chi connectivity index (χ0n) is 11.3. The largest absolute Gasteiger partial charge is 0.481 e. The van der Waals surface area contributed by atoms with E-state index in [1.165, 1.54) is 7.11 Å². The van der Waals surface area contributed by atoms with Crippen LogP contribution in [0.5, 0.6) is 11.5 Å². The van der Waals surface area contributed by atoms with Crippen molar-refractivity contribution in [3.05, 3.63) is 23.8 Å². The Morgan fingerprint density at radius 2 is 2.05 bits per heavy atom. The minimum Gasteiger partial charge on any atom is -0.481 e. The van der Waals surface area contributed by atoms with Crippen LogP contribution in [0.3, 0.4) is 0 Å². The van der Waals surface area contributed by atoms with Crippen molar-refractivity contribution in [3.8, 4) is 11.5 Å². The Labute approximate surface area is 120 Å². The Bertz CT molecular complexity index is 583. The summed E-state index contributed by atoms with van der Waals surface area (Å²) in [7, 11) is 1.23. The Morgan fingerprint density at radius 3 is 2.76 bits per heavy atom. The predicted octanol–water partition coefficient (Wildman–Crippen LogP) is 0.977. The lowest BCUT2D eigenvalue weighted by atomic mass is 9.87. The molecule has 3 atom stereocenters. The molecule has 3 rings (SSSR count). The summed E-state index contributed by atoms with van der Waals surface area (Å²) in [6.07, 6.45) is -0.673. The summed E-state index contributed by atoms with van der Waals surface area (Å²) in [6.45, 7) is 0.108. The van der Waals surface area contributed by atoms with Gasteiger partial charge >= 0.3 is 11.9 Å². The van der Waals surface area contributed by atoms with Crippen molar-refractivity contribution in [2.75, 3.05) is 20.5 Å².